The van der Waals surface area contributed by atoms with E-state index in [0.717, 1.165) is 4.68 Å². The van der Waals surface area contributed by atoms with Crippen LogP contribution >= 0.6 is 0 Å². The van der Waals surface area contributed by atoms with Gasteiger partial charge >= 0.3 is 0 Å². The molecule has 2 aromatic heterocycles. The number of hydrogen-bond donors (Lipinski definition) is 1. The Morgan fingerprint density at radius 1 is 1.25 bits per heavy atom. The number of benzene rings is 1. The molecule has 0 saturated carbocycles. The first-order valence-electron chi connectivity index (χ1n) is 7.08. The molecule has 1 aromatic carbocycles. The molecule has 2 heterocycles. The number of rotatable bonds is 4. The third-order valence-corrected chi connectivity index (χ3v) is 3.19. The Morgan fingerprint density at radius 2 is 2.00 bits per heavy atom. The Hall–Kier alpha value is -3.29. The summed E-state index contributed by atoms with van der Waals surface area (Å²) in [6.45, 7) is 1.44. The molecule has 24 heavy (non-hydrogen) atoms. The molecular formula is C16H13FN4O3. The molecule has 0 aliphatic heterocycles. The molecular weight excluding hydrogens is 315 g/mol. The zero-order valence-corrected chi connectivity index (χ0v) is 12.7. The average Bonchev–Trinajstić information content (AvgIpc) is 2.95. The predicted molar refractivity (Wildman–Crippen MR) is 83.8 cm³/mol. The largest absolute Gasteiger partial charge is 0.338 e. The van der Waals surface area contributed by atoms with E-state index in [-0.39, 0.29) is 18.2 Å². The number of anilines is 1. The molecule has 0 unspecified atom stereocenters. The fraction of sp³-hybridized carbons (Fsp3) is 0.125. The van der Waals surface area contributed by atoms with E-state index >= 15 is 0 Å². The lowest BCUT2D eigenvalue weighted by Gasteiger charge is -2.07. The first kappa shape index (κ1) is 15.6. The third kappa shape index (κ3) is 3.54. The van der Waals surface area contributed by atoms with E-state index in [1.54, 1.807) is 25.1 Å². The maximum absolute atomic E-state index is 13.0. The van der Waals surface area contributed by atoms with Gasteiger partial charge in [0.15, 0.2) is 0 Å². The maximum Gasteiger partial charge on any atom is 0.267 e. The maximum atomic E-state index is 13.0. The summed E-state index contributed by atoms with van der Waals surface area (Å²) in [5, 5.41) is 10.3. The van der Waals surface area contributed by atoms with Gasteiger partial charge in [0.1, 0.15) is 12.4 Å². The van der Waals surface area contributed by atoms with Crippen LogP contribution < -0.4 is 10.9 Å². The molecule has 0 atom stereocenters. The normalized spacial score (nSPS) is 10.6. The van der Waals surface area contributed by atoms with Crippen LogP contribution in [0.4, 0.5) is 10.3 Å². The Labute approximate surface area is 135 Å². The van der Waals surface area contributed by atoms with Gasteiger partial charge in [-0.3, -0.25) is 14.9 Å². The van der Waals surface area contributed by atoms with Crippen LogP contribution in [0, 0.1) is 12.7 Å². The Kier molecular flexibility index (Phi) is 4.19. The number of carbonyl (C=O) groups excluding carboxylic acids is 1. The molecule has 3 rings (SSSR count). The molecule has 0 radical (unpaired) electrons. The summed E-state index contributed by atoms with van der Waals surface area (Å²) in [7, 11) is 0. The molecule has 0 bridgehead atoms. The van der Waals surface area contributed by atoms with E-state index in [1.807, 2.05) is 0 Å². The van der Waals surface area contributed by atoms with Crippen LogP contribution in [0.2, 0.25) is 0 Å². The van der Waals surface area contributed by atoms with E-state index < -0.39 is 11.5 Å². The SMILES string of the molecule is Cc1cc(NC(=O)Cn2nc(-c3ccc(F)cc3)ccc2=O)on1. The monoisotopic (exact) mass is 328 g/mol. The van der Waals surface area contributed by atoms with Crippen molar-refractivity contribution in [2.75, 3.05) is 5.32 Å². The van der Waals surface area contributed by atoms with E-state index in [1.165, 1.54) is 24.3 Å². The van der Waals surface area contributed by atoms with Crippen molar-refractivity contribution in [3.63, 3.8) is 0 Å². The van der Waals surface area contributed by atoms with Gasteiger partial charge in [0.2, 0.25) is 11.8 Å². The van der Waals surface area contributed by atoms with Crippen LogP contribution in [0.5, 0.6) is 0 Å². The summed E-state index contributed by atoms with van der Waals surface area (Å²) in [6.07, 6.45) is 0. The first-order valence-corrected chi connectivity index (χ1v) is 7.08. The summed E-state index contributed by atoms with van der Waals surface area (Å²) in [6, 6.07) is 10.1. The average molecular weight is 328 g/mol. The first-order chi connectivity index (χ1) is 11.5. The van der Waals surface area contributed by atoms with Gasteiger partial charge < -0.3 is 4.52 Å². The molecule has 122 valence electrons. The smallest absolute Gasteiger partial charge is 0.267 e. The number of hydrogen-bond acceptors (Lipinski definition) is 5. The van der Waals surface area contributed by atoms with E-state index in [2.05, 4.69) is 15.6 Å². The summed E-state index contributed by atoms with van der Waals surface area (Å²) < 4.78 is 18.9. The Balaban J connectivity index is 1.80. The Morgan fingerprint density at radius 3 is 2.67 bits per heavy atom. The van der Waals surface area contributed by atoms with Gasteiger partial charge in [-0.05, 0) is 37.3 Å². The number of nitrogens with zero attached hydrogens (tertiary/aromatic N) is 3. The van der Waals surface area contributed by atoms with Crippen molar-refractivity contribution in [1.29, 1.82) is 0 Å². The summed E-state index contributed by atoms with van der Waals surface area (Å²) in [4.78, 5) is 23.9. The lowest BCUT2D eigenvalue weighted by Crippen LogP contribution is -2.29. The van der Waals surface area contributed by atoms with Crippen LogP contribution in [0.15, 0.2) is 51.8 Å². The van der Waals surface area contributed by atoms with Crippen molar-refractivity contribution < 1.29 is 13.7 Å². The lowest BCUT2D eigenvalue weighted by atomic mass is 10.1. The summed E-state index contributed by atoms with van der Waals surface area (Å²) >= 11 is 0. The standard InChI is InChI=1S/C16H13FN4O3/c1-10-8-15(24-20-10)18-14(22)9-21-16(23)7-6-13(19-21)11-2-4-12(17)5-3-11/h2-8H,9H2,1H3,(H,18,22). The van der Waals surface area contributed by atoms with Crippen LogP contribution in [0.1, 0.15) is 5.69 Å². The fourth-order valence-electron chi connectivity index (χ4n) is 2.07. The molecule has 0 saturated heterocycles. The minimum absolute atomic E-state index is 0.195. The topological polar surface area (TPSA) is 90.0 Å². The van der Waals surface area contributed by atoms with Crippen molar-refractivity contribution in [3.8, 4) is 11.3 Å². The lowest BCUT2D eigenvalue weighted by molar-refractivity contribution is -0.117. The van der Waals surface area contributed by atoms with E-state index in [4.69, 9.17) is 4.52 Å². The van der Waals surface area contributed by atoms with Gasteiger partial charge in [-0.25, -0.2) is 9.07 Å². The van der Waals surface area contributed by atoms with Crippen molar-refractivity contribution in [1.82, 2.24) is 14.9 Å². The van der Waals surface area contributed by atoms with E-state index in [9.17, 15) is 14.0 Å². The van der Waals surface area contributed by atoms with Gasteiger partial charge in [-0.1, -0.05) is 5.16 Å². The van der Waals surface area contributed by atoms with E-state index in [0.29, 0.717) is 17.0 Å². The van der Waals surface area contributed by atoms with Crippen molar-refractivity contribution in [3.05, 3.63) is 64.3 Å². The quantitative estimate of drug-likeness (QED) is 0.791. The summed E-state index contributed by atoms with van der Waals surface area (Å²) in [5.41, 5.74) is 1.29. The van der Waals surface area contributed by atoms with Crippen LogP contribution in [-0.4, -0.2) is 20.8 Å². The Bertz CT molecular complexity index is 931. The highest BCUT2D eigenvalue weighted by molar-refractivity contribution is 5.89. The number of carbonyl (C=O) groups is 1. The molecule has 0 aliphatic rings. The number of aryl methyl sites for hydroxylation is 1. The number of halogens is 1. The van der Waals surface area contributed by atoms with Crippen LogP contribution in [-0.2, 0) is 11.3 Å². The van der Waals surface area contributed by atoms with Crippen LogP contribution in [0.3, 0.4) is 0 Å². The number of nitrogens with one attached hydrogen (secondary N) is 1. The van der Waals surface area contributed by atoms with Gasteiger partial charge in [0.25, 0.3) is 5.56 Å². The minimum Gasteiger partial charge on any atom is -0.338 e. The molecule has 0 fully saturated rings. The second-order valence-corrected chi connectivity index (χ2v) is 5.10. The van der Waals surface area contributed by atoms with Gasteiger partial charge in [0, 0.05) is 17.7 Å². The zero-order chi connectivity index (χ0) is 17.1. The zero-order valence-electron chi connectivity index (χ0n) is 12.7. The highest BCUT2D eigenvalue weighted by Crippen LogP contribution is 2.15. The van der Waals surface area contributed by atoms with Crippen molar-refractivity contribution in [2.24, 2.45) is 0 Å². The molecule has 8 heteroatoms. The molecule has 1 amide bonds. The second kappa shape index (κ2) is 6.45. The van der Waals surface area contributed by atoms with Gasteiger partial charge in [-0.2, -0.15) is 5.10 Å². The molecule has 7 nitrogen and oxygen atoms in total. The fourth-order valence-corrected chi connectivity index (χ4v) is 2.07. The van der Waals surface area contributed by atoms with Gasteiger partial charge in [0.05, 0.1) is 11.4 Å². The molecule has 0 aliphatic carbocycles. The predicted octanol–water partition coefficient (Wildman–Crippen LogP) is 1.98. The third-order valence-electron chi connectivity index (χ3n) is 3.19. The van der Waals surface area contributed by atoms with Gasteiger partial charge in [-0.15, -0.1) is 0 Å². The minimum atomic E-state index is -0.475. The van der Waals surface area contributed by atoms with Crippen molar-refractivity contribution in [2.45, 2.75) is 13.5 Å². The molecule has 1 N–H and O–H groups in total. The highest BCUT2D eigenvalue weighted by atomic mass is 19.1. The molecule has 3 aromatic rings. The molecule has 0 spiro atoms. The summed E-state index contributed by atoms with van der Waals surface area (Å²) in [5.74, 6) is -0.647. The van der Waals surface area contributed by atoms with Crippen molar-refractivity contribution >= 4 is 11.8 Å². The van der Waals surface area contributed by atoms with Crippen LogP contribution in [0.25, 0.3) is 11.3 Å². The highest BCUT2D eigenvalue weighted by Gasteiger charge is 2.10. The number of aromatic nitrogens is 3. The second-order valence-electron chi connectivity index (χ2n) is 5.10. The number of amides is 1.